The van der Waals surface area contributed by atoms with E-state index in [-0.39, 0.29) is 0 Å². The zero-order valence-corrected chi connectivity index (χ0v) is 13.9. The third kappa shape index (κ3) is 5.12. The predicted molar refractivity (Wildman–Crippen MR) is 93.9 cm³/mol. The molecule has 5 heteroatoms. The van der Waals surface area contributed by atoms with E-state index in [2.05, 4.69) is 17.6 Å². The van der Waals surface area contributed by atoms with Gasteiger partial charge < -0.3 is 15.4 Å². The summed E-state index contributed by atoms with van der Waals surface area (Å²) in [6, 6.07) is 15.9. The number of aryl methyl sites for hydroxylation is 1. The monoisotopic (exact) mass is 326 g/mol. The van der Waals surface area contributed by atoms with Crippen molar-refractivity contribution in [2.24, 2.45) is 0 Å². The highest BCUT2D eigenvalue weighted by molar-refractivity contribution is 5.92. The van der Waals surface area contributed by atoms with Gasteiger partial charge in [0.2, 0.25) is 0 Å². The maximum Gasteiger partial charge on any atom is 0.328 e. The van der Waals surface area contributed by atoms with Gasteiger partial charge in [0, 0.05) is 12.1 Å². The van der Waals surface area contributed by atoms with E-state index in [1.54, 1.807) is 0 Å². The normalized spacial score (nSPS) is 11.4. The van der Waals surface area contributed by atoms with E-state index in [0.29, 0.717) is 12.1 Å². The highest BCUT2D eigenvalue weighted by Crippen LogP contribution is 2.10. The second-order valence-electron chi connectivity index (χ2n) is 5.41. The topological polar surface area (TPSA) is 67.4 Å². The van der Waals surface area contributed by atoms with Crippen LogP contribution in [-0.2, 0) is 22.4 Å². The number of esters is 1. The number of rotatable bonds is 6. The molecular weight excluding hydrogens is 304 g/mol. The molecule has 0 aliphatic heterocycles. The van der Waals surface area contributed by atoms with Crippen molar-refractivity contribution in [3.8, 4) is 0 Å². The molecule has 0 aromatic heterocycles. The highest BCUT2D eigenvalue weighted by Gasteiger charge is 2.21. The number of nitrogens with one attached hydrogen (secondary N) is 2. The maximum absolute atomic E-state index is 12.2. The van der Waals surface area contributed by atoms with E-state index in [4.69, 9.17) is 4.74 Å². The van der Waals surface area contributed by atoms with Gasteiger partial charge in [0.05, 0.1) is 7.11 Å². The van der Waals surface area contributed by atoms with Crippen molar-refractivity contribution in [2.75, 3.05) is 12.4 Å². The molecule has 0 unspecified atom stereocenters. The molecule has 5 nitrogen and oxygen atoms in total. The molecule has 0 aliphatic rings. The lowest BCUT2D eigenvalue weighted by molar-refractivity contribution is -0.142. The van der Waals surface area contributed by atoms with Crippen molar-refractivity contribution in [2.45, 2.75) is 25.8 Å². The largest absolute Gasteiger partial charge is 0.467 e. The predicted octanol–water partition coefficient (Wildman–Crippen LogP) is 3.15. The lowest BCUT2D eigenvalue weighted by Gasteiger charge is -2.17. The van der Waals surface area contributed by atoms with Crippen molar-refractivity contribution in [1.29, 1.82) is 0 Å². The van der Waals surface area contributed by atoms with Crippen LogP contribution >= 0.6 is 0 Å². The smallest absolute Gasteiger partial charge is 0.328 e. The van der Waals surface area contributed by atoms with Gasteiger partial charge in [0.1, 0.15) is 6.04 Å². The number of anilines is 1. The Morgan fingerprint density at radius 3 is 2.25 bits per heavy atom. The van der Waals surface area contributed by atoms with Gasteiger partial charge in [-0.15, -0.1) is 0 Å². The standard InChI is InChI=1S/C19H22N2O3/c1-3-14-9-11-16(12-10-14)20-19(23)21-17(18(22)24-2)13-15-7-5-4-6-8-15/h4-12,17H,3,13H2,1-2H3,(H2,20,21,23)/t17-/m0/s1. The summed E-state index contributed by atoms with van der Waals surface area (Å²) in [6.45, 7) is 2.07. The minimum atomic E-state index is -0.743. The Kier molecular flexibility index (Phi) is 6.37. The Balaban J connectivity index is 1.99. The molecule has 2 N–H and O–H groups in total. The molecule has 0 radical (unpaired) electrons. The molecule has 0 spiro atoms. The summed E-state index contributed by atoms with van der Waals surface area (Å²) in [7, 11) is 1.31. The molecule has 24 heavy (non-hydrogen) atoms. The summed E-state index contributed by atoms with van der Waals surface area (Å²) < 4.78 is 4.78. The fourth-order valence-electron chi connectivity index (χ4n) is 2.33. The molecule has 2 amide bonds. The van der Waals surface area contributed by atoms with E-state index in [0.717, 1.165) is 12.0 Å². The first-order valence-electron chi connectivity index (χ1n) is 7.90. The molecule has 126 valence electrons. The average Bonchev–Trinajstić information content (AvgIpc) is 2.62. The third-order valence-corrected chi connectivity index (χ3v) is 3.69. The minimum Gasteiger partial charge on any atom is -0.467 e. The molecular formula is C19H22N2O3. The zero-order chi connectivity index (χ0) is 17.4. The van der Waals surface area contributed by atoms with Crippen LogP contribution in [0.15, 0.2) is 54.6 Å². The quantitative estimate of drug-likeness (QED) is 0.801. The first kappa shape index (κ1) is 17.5. The average molecular weight is 326 g/mol. The van der Waals surface area contributed by atoms with Crippen LogP contribution in [0.5, 0.6) is 0 Å². The number of ether oxygens (including phenoxy) is 1. The molecule has 0 bridgehead atoms. The second kappa shape index (κ2) is 8.72. The van der Waals surface area contributed by atoms with Crippen LogP contribution in [0, 0.1) is 0 Å². The van der Waals surface area contributed by atoms with Crippen molar-refractivity contribution >= 4 is 17.7 Å². The molecule has 0 saturated heterocycles. The number of urea groups is 1. The molecule has 0 aliphatic carbocycles. The van der Waals surface area contributed by atoms with Gasteiger partial charge in [-0.05, 0) is 29.7 Å². The van der Waals surface area contributed by atoms with E-state index in [1.165, 1.54) is 12.7 Å². The van der Waals surface area contributed by atoms with Gasteiger partial charge in [-0.1, -0.05) is 49.4 Å². The van der Waals surface area contributed by atoms with Crippen LogP contribution in [0.1, 0.15) is 18.1 Å². The third-order valence-electron chi connectivity index (χ3n) is 3.69. The lowest BCUT2D eigenvalue weighted by atomic mass is 10.1. The number of carbonyl (C=O) groups excluding carboxylic acids is 2. The van der Waals surface area contributed by atoms with Gasteiger partial charge in [-0.3, -0.25) is 0 Å². The number of amides is 2. The number of benzene rings is 2. The van der Waals surface area contributed by atoms with E-state index >= 15 is 0 Å². The second-order valence-corrected chi connectivity index (χ2v) is 5.41. The maximum atomic E-state index is 12.2. The van der Waals surface area contributed by atoms with Crippen LogP contribution < -0.4 is 10.6 Å². The summed E-state index contributed by atoms with van der Waals surface area (Å²) in [4.78, 5) is 24.1. The first-order valence-corrected chi connectivity index (χ1v) is 7.90. The zero-order valence-electron chi connectivity index (χ0n) is 13.9. The SMILES string of the molecule is CCc1ccc(NC(=O)N[C@@H](Cc2ccccc2)C(=O)OC)cc1. The summed E-state index contributed by atoms with van der Waals surface area (Å²) >= 11 is 0. The van der Waals surface area contributed by atoms with E-state index in [9.17, 15) is 9.59 Å². The summed E-state index contributed by atoms with van der Waals surface area (Å²) in [5.74, 6) is -0.477. The van der Waals surface area contributed by atoms with Gasteiger partial charge in [-0.2, -0.15) is 0 Å². The Bertz CT molecular complexity index is 669. The Labute approximate surface area is 142 Å². The van der Waals surface area contributed by atoms with Crippen LogP contribution in [0.25, 0.3) is 0 Å². The van der Waals surface area contributed by atoms with Crippen LogP contribution in [0.3, 0.4) is 0 Å². The van der Waals surface area contributed by atoms with Gasteiger partial charge in [0.15, 0.2) is 0 Å². The van der Waals surface area contributed by atoms with Crippen molar-refractivity contribution < 1.29 is 14.3 Å². The summed E-state index contributed by atoms with van der Waals surface area (Å²) in [5.41, 5.74) is 2.81. The summed E-state index contributed by atoms with van der Waals surface area (Å²) in [6.07, 6.45) is 1.31. The molecule has 1 atom stereocenters. The van der Waals surface area contributed by atoms with Crippen LogP contribution in [0.2, 0.25) is 0 Å². The van der Waals surface area contributed by atoms with Gasteiger partial charge in [0.25, 0.3) is 0 Å². The molecule has 0 saturated carbocycles. The van der Waals surface area contributed by atoms with Crippen LogP contribution in [0.4, 0.5) is 10.5 Å². The Morgan fingerprint density at radius 2 is 1.67 bits per heavy atom. The fourth-order valence-corrected chi connectivity index (χ4v) is 2.33. The number of methoxy groups -OCH3 is 1. The molecule has 2 aromatic rings. The van der Waals surface area contributed by atoms with E-state index in [1.807, 2.05) is 54.6 Å². The van der Waals surface area contributed by atoms with Crippen molar-refractivity contribution in [3.63, 3.8) is 0 Å². The molecule has 0 fully saturated rings. The molecule has 2 aromatic carbocycles. The summed E-state index contributed by atoms with van der Waals surface area (Å²) in [5, 5.41) is 5.40. The van der Waals surface area contributed by atoms with Crippen molar-refractivity contribution in [1.82, 2.24) is 5.32 Å². The van der Waals surface area contributed by atoms with Crippen molar-refractivity contribution in [3.05, 3.63) is 65.7 Å². The lowest BCUT2D eigenvalue weighted by Crippen LogP contribution is -2.45. The fraction of sp³-hybridized carbons (Fsp3) is 0.263. The highest BCUT2D eigenvalue weighted by atomic mass is 16.5. The number of carbonyl (C=O) groups is 2. The van der Waals surface area contributed by atoms with E-state index < -0.39 is 18.0 Å². The van der Waals surface area contributed by atoms with Gasteiger partial charge in [-0.25, -0.2) is 9.59 Å². The van der Waals surface area contributed by atoms with Gasteiger partial charge >= 0.3 is 12.0 Å². The first-order chi connectivity index (χ1) is 11.6. The number of hydrogen-bond acceptors (Lipinski definition) is 3. The number of hydrogen-bond donors (Lipinski definition) is 2. The van der Waals surface area contributed by atoms with Crippen LogP contribution in [-0.4, -0.2) is 25.2 Å². The molecule has 0 heterocycles. The Hall–Kier alpha value is -2.82. The molecule has 2 rings (SSSR count). The minimum absolute atomic E-state index is 0.371. The Morgan fingerprint density at radius 1 is 1.00 bits per heavy atom.